The summed E-state index contributed by atoms with van der Waals surface area (Å²) in [4.78, 5) is 28.7. The van der Waals surface area contributed by atoms with Crippen molar-refractivity contribution in [2.45, 2.75) is 57.7 Å². The van der Waals surface area contributed by atoms with E-state index in [1.54, 1.807) is 11.8 Å². The molecule has 19 heavy (non-hydrogen) atoms. The summed E-state index contributed by atoms with van der Waals surface area (Å²) in [7, 11) is 0. The monoisotopic (exact) mass is 284 g/mol. The van der Waals surface area contributed by atoms with Crippen LogP contribution in [0.5, 0.6) is 0 Å². The van der Waals surface area contributed by atoms with E-state index < -0.39 is 0 Å². The number of piperidine rings is 1. The predicted molar refractivity (Wildman–Crippen MR) is 78.1 cm³/mol. The first-order valence-corrected chi connectivity index (χ1v) is 8.59. The number of piperazine rings is 1. The summed E-state index contributed by atoms with van der Waals surface area (Å²) in [6.07, 6.45) is 5.95. The van der Waals surface area contributed by atoms with Crippen molar-refractivity contribution in [2.24, 2.45) is 0 Å². The highest BCUT2D eigenvalue weighted by molar-refractivity contribution is 7.98. The largest absolute Gasteiger partial charge is 0.329 e. The van der Waals surface area contributed by atoms with Gasteiger partial charge in [0.1, 0.15) is 12.1 Å². The second kappa shape index (κ2) is 6.16. The molecule has 0 spiro atoms. The number of nitrogens with zero attached hydrogens (tertiary/aromatic N) is 2. The van der Waals surface area contributed by atoms with E-state index in [2.05, 4.69) is 13.2 Å². The minimum Gasteiger partial charge on any atom is -0.329 e. The zero-order valence-corrected chi connectivity index (χ0v) is 12.9. The number of hydrogen-bond donors (Lipinski definition) is 0. The normalized spacial score (nSPS) is 29.4. The molecule has 4 nitrogen and oxygen atoms in total. The number of amides is 2. The van der Waals surface area contributed by atoms with Gasteiger partial charge in [-0.2, -0.15) is 11.8 Å². The van der Waals surface area contributed by atoms with Gasteiger partial charge < -0.3 is 9.80 Å². The van der Waals surface area contributed by atoms with Crippen LogP contribution < -0.4 is 0 Å². The third kappa shape index (κ3) is 2.76. The molecule has 3 unspecified atom stereocenters. The van der Waals surface area contributed by atoms with Crippen LogP contribution >= 0.6 is 11.8 Å². The lowest BCUT2D eigenvalue weighted by Crippen LogP contribution is -2.66. The van der Waals surface area contributed by atoms with Crippen molar-refractivity contribution in [3.8, 4) is 0 Å². The molecule has 0 N–H and O–H groups in total. The molecular weight excluding hydrogens is 260 g/mol. The first kappa shape index (κ1) is 14.7. The lowest BCUT2D eigenvalue weighted by Gasteiger charge is -2.48. The molecule has 0 saturated carbocycles. The van der Waals surface area contributed by atoms with Crippen molar-refractivity contribution in [1.29, 1.82) is 0 Å². The summed E-state index contributed by atoms with van der Waals surface area (Å²) in [5.74, 6) is 1.33. The molecule has 2 rings (SSSR count). The van der Waals surface area contributed by atoms with Crippen molar-refractivity contribution < 1.29 is 9.59 Å². The van der Waals surface area contributed by atoms with Crippen molar-refractivity contribution in [1.82, 2.24) is 9.80 Å². The molecule has 2 aliphatic rings. The molecule has 3 atom stereocenters. The van der Waals surface area contributed by atoms with Crippen LogP contribution in [0.25, 0.3) is 0 Å². The molecule has 0 radical (unpaired) electrons. The van der Waals surface area contributed by atoms with Gasteiger partial charge in [0.05, 0.1) is 0 Å². The highest BCUT2D eigenvalue weighted by Crippen LogP contribution is 2.28. The van der Waals surface area contributed by atoms with E-state index in [-0.39, 0.29) is 29.9 Å². The summed E-state index contributed by atoms with van der Waals surface area (Å²) >= 11 is 1.79. The number of thioether (sulfide) groups is 1. The van der Waals surface area contributed by atoms with E-state index in [1.807, 2.05) is 16.7 Å². The van der Waals surface area contributed by atoms with Gasteiger partial charge in [0, 0.05) is 12.6 Å². The Kier molecular flexibility index (Phi) is 4.76. The van der Waals surface area contributed by atoms with Crippen LogP contribution in [0.4, 0.5) is 0 Å². The van der Waals surface area contributed by atoms with E-state index in [0.717, 1.165) is 38.0 Å². The maximum Gasteiger partial charge on any atom is 0.246 e. The molecule has 2 heterocycles. The number of fused-ring (bicyclic) bond motifs is 1. The van der Waals surface area contributed by atoms with Crippen molar-refractivity contribution >= 4 is 23.6 Å². The van der Waals surface area contributed by atoms with Crippen LogP contribution in [0.2, 0.25) is 0 Å². The molecule has 0 aromatic carbocycles. The summed E-state index contributed by atoms with van der Waals surface area (Å²) in [6, 6.07) is -0.323. The molecule has 2 fully saturated rings. The fourth-order valence-electron chi connectivity index (χ4n) is 3.20. The van der Waals surface area contributed by atoms with E-state index in [9.17, 15) is 9.59 Å². The van der Waals surface area contributed by atoms with Crippen LogP contribution in [0.3, 0.4) is 0 Å². The summed E-state index contributed by atoms with van der Waals surface area (Å²) in [6.45, 7) is 4.70. The Balaban J connectivity index is 2.14. The third-order valence-corrected chi connectivity index (χ3v) is 4.96. The molecule has 0 aromatic heterocycles. The van der Waals surface area contributed by atoms with Gasteiger partial charge in [-0.25, -0.2) is 0 Å². The van der Waals surface area contributed by atoms with Gasteiger partial charge in [0.25, 0.3) is 0 Å². The van der Waals surface area contributed by atoms with Gasteiger partial charge in [0.15, 0.2) is 0 Å². The van der Waals surface area contributed by atoms with Crippen molar-refractivity contribution in [3.05, 3.63) is 0 Å². The van der Waals surface area contributed by atoms with Crippen LogP contribution in [-0.4, -0.2) is 58.3 Å². The van der Waals surface area contributed by atoms with E-state index in [4.69, 9.17) is 0 Å². The van der Waals surface area contributed by atoms with Gasteiger partial charge in [-0.05, 0) is 51.5 Å². The molecule has 2 saturated heterocycles. The summed E-state index contributed by atoms with van der Waals surface area (Å²) < 4.78 is 0. The molecule has 108 valence electrons. The minimum atomic E-state index is -0.293. The SMILES string of the molecule is CSCCC(C)N1C(=O)C2CCCCN2C(=O)C1C. The van der Waals surface area contributed by atoms with Gasteiger partial charge >= 0.3 is 0 Å². The summed E-state index contributed by atoms with van der Waals surface area (Å²) in [5, 5.41) is 0. The lowest BCUT2D eigenvalue weighted by atomic mass is 9.94. The maximum absolute atomic E-state index is 12.6. The highest BCUT2D eigenvalue weighted by Gasteiger charge is 2.45. The zero-order chi connectivity index (χ0) is 14.0. The topological polar surface area (TPSA) is 40.6 Å². The van der Waals surface area contributed by atoms with Crippen molar-refractivity contribution in [3.63, 3.8) is 0 Å². The first-order chi connectivity index (χ1) is 9.07. The second-order valence-electron chi connectivity index (χ2n) is 5.60. The maximum atomic E-state index is 12.6. The molecule has 0 bridgehead atoms. The fraction of sp³-hybridized carbons (Fsp3) is 0.857. The van der Waals surface area contributed by atoms with Crippen LogP contribution in [0, 0.1) is 0 Å². The predicted octanol–water partition coefficient (Wildman–Crippen LogP) is 1.74. The third-order valence-electron chi connectivity index (χ3n) is 4.31. The Morgan fingerprint density at radius 2 is 2.05 bits per heavy atom. The van der Waals surface area contributed by atoms with Crippen molar-refractivity contribution in [2.75, 3.05) is 18.6 Å². The van der Waals surface area contributed by atoms with E-state index >= 15 is 0 Å². The number of carbonyl (C=O) groups is 2. The first-order valence-electron chi connectivity index (χ1n) is 7.19. The average molecular weight is 284 g/mol. The molecule has 5 heteroatoms. The number of carbonyl (C=O) groups excluding carboxylic acids is 2. The molecule has 0 aliphatic carbocycles. The smallest absolute Gasteiger partial charge is 0.246 e. The quantitative estimate of drug-likeness (QED) is 0.789. The van der Waals surface area contributed by atoms with Crippen LogP contribution in [0.1, 0.15) is 39.5 Å². The van der Waals surface area contributed by atoms with Gasteiger partial charge in [-0.3, -0.25) is 9.59 Å². The molecule has 2 amide bonds. The van der Waals surface area contributed by atoms with Crippen LogP contribution in [0.15, 0.2) is 0 Å². The average Bonchev–Trinajstić information content (AvgIpc) is 2.43. The van der Waals surface area contributed by atoms with Gasteiger partial charge in [-0.1, -0.05) is 0 Å². The molecule has 0 aromatic rings. The molecular formula is C14H24N2O2S. The highest BCUT2D eigenvalue weighted by atomic mass is 32.2. The number of rotatable bonds is 4. The van der Waals surface area contributed by atoms with Crippen LogP contribution in [-0.2, 0) is 9.59 Å². The standard InChI is InChI=1S/C14H24N2O2S/c1-10(7-9-19-3)16-11(2)13(17)15-8-5-4-6-12(15)14(16)18/h10-12H,4-9H2,1-3H3. The minimum absolute atomic E-state index is 0.139. The van der Waals surface area contributed by atoms with E-state index in [0.29, 0.717) is 0 Å². The second-order valence-corrected chi connectivity index (χ2v) is 6.58. The Bertz CT molecular complexity index is 361. The Hall–Kier alpha value is -0.710. The Morgan fingerprint density at radius 1 is 1.32 bits per heavy atom. The Morgan fingerprint density at radius 3 is 2.74 bits per heavy atom. The molecule has 2 aliphatic heterocycles. The van der Waals surface area contributed by atoms with Gasteiger partial charge in [0.2, 0.25) is 11.8 Å². The lowest BCUT2D eigenvalue weighted by molar-refractivity contribution is -0.165. The summed E-state index contributed by atoms with van der Waals surface area (Å²) in [5.41, 5.74) is 0. The van der Waals surface area contributed by atoms with Gasteiger partial charge in [-0.15, -0.1) is 0 Å². The van der Waals surface area contributed by atoms with E-state index in [1.165, 1.54) is 0 Å². The number of hydrogen-bond acceptors (Lipinski definition) is 3. The zero-order valence-electron chi connectivity index (χ0n) is 12.1. The fourth-order valence-corrected chi connectivity index (χ4v) is 3.78. The Labute approximate surface area is 119 Å².